The van der Waals surface area contributed by atoms with Crippen molar-refractivity contribution in [3.05, 3.63) is 72.6 Å². The largest absolute Gasteiger partial charge is 0.483 e. The minimum Gasteiger partial charge on any atom is -0.483 e. The Kier molecular flexibility index (Phi) is 11.9. The van der Waals surface area contributed by atoms with Gasteiger partial charge in [0.25, 0.3) is 11.8 Å². The quantitative estimate of drug-likeness (QED) is 0.231. The number of carbonyl (C=O) groups is 4. The zero-order valence-corrected chi connectivity index (χ0v) is 28.5. The number of aliphatic hydroxyl groups excluding tert-OH is 1. The molecule has 11 nitrogen and oxygen atoms in total. The highest BCUT2D eigenvalue weighted by Crippen LogP contribution is 2.30. The highest BCUT2D eigenvalue weighted by Gasteiger charge is 2.44. The van der Waals surface area contributed by atoms with Gasteiger partial charge in [0.05, 0.1) is 11.9 Å². The van der Waals surface area contributed by atoms with Gasteiger partial charge in [-0.1, -0.05) is 63.2 Å². The highest BCUT2D eigenvalue weighted by atomic mass is 32.2. The van der Waals surface area contributed by atoms with Crippen molar-refractivity contribution in [1.82, 2.24) is 25.8 Å². The Morgan fingerprint density at radius 2 is 1.77 bits per heavy atom. The summed E-state index contributed by atoms with van der Waals surface area (Å²) in [4.78, 5) is 59.3. The second-order valence-corrected chi connectivity index (χ2v) is 14.5. The van der Waals surface area contributed by atoms with E-state index in [4.69, 9.17) is 4.74 Å². The lowest BCUT2D eigenvalue weighted by Crippen LogP contribution is -2.60. The fourth-order valence-corrected chi connectivity index (χ4v) is 6.59. The summed E-state index contributed by atoms with van der Waals surface area (Å²) in [6, 6.07) is 13.6. The first-order chi connectivity index (χ1) is 22.2. The SMILES string of the molecule is CC(C)[C@H](NC(=O)COc1cccc2cnccc12)C(=O)N[C@@H](Cc1ccccc1)[C@H](O)C(=O)N1CS[C@@H](C)[C@H]1C(=O)NC(C)(C)C. The van der Waals surface area contributed by atoms with Crippen molar-refractivity contribution < 1.29 is 29.0 Å². The summed E-state index contributed by atoms with van der Waals surface area (Å²) in [5.41, 5.74) is 0.286. The molecule has 1 aliphatic heterocycles. The predicted molar refractivity (Wildman–Crippen MR) is 183 cm³/mol. The van der Waals surface area contributed by atoms with Crippen molar-refractivity contribution in [3.8, 4) is 5.75 Å². The molecule has 0 saturated carbocycles. The van der Waals surface area contributed by atoms with Crippen LogP contribution in [0.15, 0.2) is 67.0 Å². The molecule has 0 unspecified atom stereocenters. The third-order valence-corrected chi connectivity index (χ3v) is 9.04. The van der Waals surface area contributed by atoms with E-state index in [0.29, 0.717) is 5.75 Å². The minimum atomic E-state index is -1.65. The molecule has 2 heterocycles. The molecule has 12 heteroatoms. The summed E-state index contributed by atoms with van der Waals surface area (Å²) in [6.07, 6.45) is 1.84. The summed E-state index contributed by atoms with van der Waals surface area (Å²) >= 11 is 1.45. The number of benzene rings is 2. The highest BCUT2D eigenvalue weighted by molar-refractivity contribution is 8.00. The Balaban J connectivity index is 1.48. The molecule has 0 spiro atoms. The van der Waals surface area contributed by atoms with Crippen LogP contribution in [0.4, 0.5) is 0 Å². The van der Waals surface area contributed by atoms with E-state index in [1.165, 1.54) is 16.7 Å². The Morgan fingerprint density at radius 3 is 2.45 bits per heavy atom. The molecule has 4 amide bonds. The molecule has 4 rings (SSSR count). The van der Waals surface area contributed by atoms with Gasteiger partial charge in [0.2, 0.25) is 11.8 Å². The Bertz CT molecular complexity index is 1560. The van der Waals surface area contributed by atoms with E-state index in [1.807, 2.05) is 70.2 Å². The van der Waals surface area contributed by atoms with E-state index in [1.54, 1.807) is 38.4 Å². The van der Waals surface area contributed by atoms with Gasteiger partial charge in [0, 0.05) is 34.0 Å². The maximum absolute atomic E-state index is 13.8. The van der Waals surface area contributed by atoms with Crippen LogP contribution in [0, 0.1) is 5.92 Å². The Hall–Kier alpha value is -4.16. The summed E-state index contributed by atoms with van der Waals surface area (Å²) in [5.74, 6) is -1.60. The molecule has 1 fully saturated rings. The number of ether oxygens (including phenoxy) is 1. The van der Waals surface area contributed by atoms with Crippen molar-refractivity contribution in [2.75, 3.05) is 12.5 Å². The third kappa shape index (κ3) is 9.45. The van der Waals surface area contributed by atoms with E-state index in [2.05, 4.69) is 20.9 Å². The number of nitrogens with one attached hydrogen (secondary N) is 3. The topological polar surface area (TPSA) is 150 Å². The second-order valence-electron chi connectivity index (χ2n) is 13.2. The Morgan fingerprint density at radius 1 is 1.04 bits per heavy atom. The maximum Gasteiger partial charge on any atom is 0.258 e. The summed E-state index contributed by atoms with van der Waals surface area (Å²) in [5, 5.41) is 21.5. The van der Waals surface area contributed by atoms with Crippen LogP contribution in [0.5, 0.6) is 5.75 Å². The number of thioether (sulfide) groups is 1. The Labute approximate surface area is 280 Å². The number of hydrogen-bond donors (Lipinski definition) is 4. The zero-order valence-electron chi connectivity index (χ0n) is 27.7. The normalized spacial score (nSPS) is 18.3. The van der Waals surface area contributed by atoms with Gasteiger partial charge < -0.3 is 30.7 Å². The van der Waals surface area contributed by atoms with Crippen LogP contribution in [-0.4, -0.2) is 86.1 Å². The number of hydrogen-bond acceptors (Lipinski definition) is 8. The molecule has 47 heavy (non-hydrogen) atoms. The van der Waals surface area contributed by atoms with E-state index < -0.39 is 47.5 Å². The molecule has 4 N–H and O–H groups in total. The van der Waals surface area contributed by atoms with Gasteiger partial charge in [-0.2, -0.15) is 0 Å². The molecular formula is C35H45N5O6S. The molecule has 0 bridgehead atoms. The van der Waals surface area contributed by atoms with Crippen LogP contribution >= 0.6 is 11.8 Å². The molecule has 5 atom stereocenters. The zero-order chi connectivity index (χ0) is 34.3. The number of nitrogens with zero attached hydrogens (tertiary/aromatic N) is 2. The van der Waals surface area contributed by atoms with Crippen LogP contribution in [-0.2, 0) is 25.6 Å². The maximum atomic E-state index is 13.8. The monoisotopic (exact) mass is 663 g/mol. The van der Waals surface area contributed by atoms with Crippen molar-refractivity contribution >= 4 is 46.2 Å². The molecule has 1 saturated heterocycles. The molecule has 0 aliphatic carbocycles. The van der Waals surface area contributed by atoms with Crippen LogP contribution in [0.1, 0.15) is 47.1 Å². The van der Waals surface area contributed by atoms with Crippen molar-refractivity contribution in [1.29, 1.82) is 0 Å². The van der Waals surface area contributed by atoms with Gasteiger partial charge in [-0.05, 0) is 50.8 Å². The van der Waals surface area contributed by atoms with Gasteiger partial charge in [0.1, 0.15) is 17.8 Å². The second kappa shape index (κ2) is 15.6. The molecule has 3 aromatic rings. The average Bonchev–Trinajstić information content (AvgIpc) is 3.42. The number of fused-ring (bicyclic) bond motifs is 1. The first-order valence-corrected chi connectivity index (χ1v) is 16.8. The van der Waals surface area contributed by atoms with Gasteiger partial charge in [-0.3, -0.25) is 24.2 Å². The number of pyridine rings is 1. The van der Waals surface area contributed by atoms with Crippen LogP contribution in [0.25, 0.3) is 10.8 Å². The van der Waals surface area contributed by atoms with Gasteiger partial charge in [-0.15, -0.1) is 11.8 Å². The number of aromatic nitrogens is 1. The average molecular weight is 664 g/mol. The van der Waals surface area contributed by atoms with Crippen molar-refractivity contribution in [2.24, 2.45) is 5.92 Å². The molecule has 2 aromatic carbocycles. The first-order valence-electron chi connectivity index (χ1n) is 15.8. The van der Waals surface area contributed by atoms with Crippen LogP contribution < -0.4 is 20.7 Å². The van der Waals surface area contributed by atoms with E-state index in [-0.39, 0.29) is 36.0 Å². The van der Waals surface area contributed by atoms with Crippen molar-refractivity contribution in [3.63, 3.8) is 0 Å². The van der Waals surface area contributed by atoms with Gasteiger partial charge in [-0.25, -0.2) is 0 Å². The summed E-state index contributed by atoms with van der Waals surface area (Å²) < 4.78 is 5.80. The fourth-order valence-electron chi connectivity index (χ4n) is 5.46. The van der Waals surface area contributed by atoms with Crippen molar-refractivity contribution in [2.45, 2.75) is 83.0 Å². The lowest BCUT2D eigenvalue weighted by atomic mass is 9.97. The smallest absolute Gasteiger partial charge is 0.258 e. The third-order valence-electron chi connectivity index (χ3n) is 7.83. The minimum absolute atomic E-state index is 0.146. The summed E-state index contributed by atoms with van der Waals surface area (Å²) in [6.45, 7) is 10.7. The fraction of sp³-hybridized carbons (Fsp3) is 0.457. The molecule has 1 aromatic heterocycles. The van der Waals surface area contributed by atoms with E-state index >= 15 is 0 Å². The lowest BCUT2D eigenvalue weighted by molar-refractivity contribution is -0.147. The van der Waals surface area contributed by atoms with E-state index in [0.717, 1.165) is 16.3 Å². The number of rotatable bonds is 12. The summed E-state index contributed by atoms with van der Waals surface area (Å²) in [7, 11) is 0. The first kappa shape index (κ1) is 35.7. The van der Waals surface area contributed by atoms with E-state index in [9.17, 15) is 24.3 Å². The molecule has 0 radical (unpaired) electrons. The lowest BCUT2D eigenvalue weighted by Gasteiger charge is -2.33. The van der Waals surface area contributed by atoms with Gasteiger partial charge in [0.15, 0.2) is 12.7 Å². The molecule has 252 valence electrons. The standard InChI is InChI=1S/C35H45N5O6S/c1-21(2)29(38-28(41)19-46-27-14-10-13-24-18-36-16-15-25(24)27)32(43)37-26(17-23-11-8-7-9-12-23)31(42)34(45)40-20-47-22(3)30(40)33(44)39-35(4,5)6/h7-16,18,21-22,26,29-31,42H,17,19-20H2,1-6H3,(H,37,43)(H,38,41)(H,39,44)/t22-,26-,29-,30-,31-/m0/s1. The van der Waals surface area contributed by atoms with Crippen LogP contribution in [0.2, 0.25) is 0 Å². The number of amides is 4. The predicted octanol–water partition coefficient (Wildman–Crippen LogP) is 3.05. The molecule has 1 aliphatic rings. The number of carbonyl (C=O) groups excluding carboxylic acids is 4. The molecular weight excluding hydrogens is 618 g/mol. The number of aliphatic hydroxyl groups is 1. The van der Waals surface area contributed by atoms with Gasteiger partial charge >= 0.3 is 0 Å². The van der Waals surface area contributed by atoms with Crippen LogP contribution in [0.3, 0.4) is 0 Å².